The first-order chi connectivity index (χ1) is 9.52. The van der Waals surface area contributed by atoms with E-state index in [1.165, 1.54) is 29.6 Å². The van der Waals surface area contributed by atoms with Crippen LogP contribution >= 0.6 is 22.7 Å². The Kier molecular flexibility index (Phi) is 4.80. The number of nitrogens with zero attached hydrogens (tertiary/aromatic N) is 2. The molecule has 0 atom stereocenters. The first kappa shape index (κ1) is 14.6. The van der Waals surface area contributed by atoms with Crippen LogP contribution < -0.4 is 5.32 Å². The number of carbonyl (C=O) groups excluding carboxylic acids is 2. The molecule has 0 aliphatic carbocycles. The number of aryl methyl sites for hydroxylation is 1. The van der Waals surface area contributed by atoms with E-state index in [-0.39, 0.29) is 24.9 Å². The molecule has 8 heteroatoms. The molecule has 0 saturated heterocycles. The minimum absolute atomic E-state index is 0.0953. The summed E-state index contributed by atoms with van der Waals surface area (Å²) in [4.78, 5) is 30.8. The summed E-state index contributed by atoms with van der Waals surface area (Å²) >= 11 is 2.79. The molecule has 0 saturated carbocycles. The van der Waals surface area contributed by atoms with Crippen molar-refractivity contribution in [3.63, 3.8) is 0 Å². The van der Waals surface area contributed by atoms with Gasteiger partial charge in [-0.05, 0) is 6.92 Å². The van der Waals surface area contributed by atoms with E-state index in [1.807, 2.05) is 12.3 Å². The van der Waals surface area contributed by atoms with Crippen molar-refractivity contribution < 1.29 is 14.3 Å². The normalized spacial score (nSPS) is 10.3. The summed E-state index contributed by atoms with van der Waals surface area (Å²) in [6.07, 6.45) is 0.160. The van der Waals surface area contributed by atoms with E-state index in [0.717, 1.165) is 10.7 Å². The third-order valence-electron chi connectivity index (χ3n) is 2.21. The molecule has 106 valence electrons. The van der Waals surface area contributed by atoms with Crippen LogP contribution in [0.5, 0.6) is 0 Å². The van der Waals surface area contributed by atoms with Gasteiger partial charge in [0.15, 0.2) is 5.13 Å². The molecule has 0 radical (unpaired) electrons. The number of rotatable bonds is 5. The van der Waals surface area contributed by atoms with Gasteiger partial charge in [-0.3, -0.25) is 9.59 Å². The van der Waals surface area contributed by atoms with Gasteiger partial charge >= 0.3 is 5.97 Å². The van der Waals surface area contributed by atoms with E-state index in [9.17, 15) is 9.59 Å². The summed E-state index contributed by atoms with van der Waals surface area (Å²) in [5.74, 6) is -0.522. The van der Waals surface area contributed by atoms with E-state index in [4.69, 9.17) is 4.74 Å². The fraction of sp³-hybridized carbons (Fsp3) is 0.333. The maximum atomic E-state index is 11.6. The number of esters is 1. The highest BCUT2D eigenvalue weighted by atomic mass is 32.1. The Hall–Kier alpha value is -1.80. The first-order valence-electron chi connectivity index (χ1n) is 5.81. The van der Waals surface area contributed by atoms with Crippen LogP contribution in [0.2, 0.25) is 0 Å². The number of aromatic nitrogens is 2. The third-order valence-corrected chi connectivity index (χ3v) is 3.84. The largest absolute Gasteiger partial charge is 0.459 e. The zero-order valence-corrected chi connectivity index (χ0v) is 12.6. The number of thiazole rings is 2. The summed E-state index contributed by atoms with van der Waals surface area (Å²) in [5, 5.41) is 7.58. The molecular weight excluding hydrogens is 298 g/mol. The minimum atomic E-state index is -0.343. The van der Waals surface area contributed by atoms with Crippen molar-refractivity contribution in [3.8, 4) is 0 Å². The van der Waals surface area contributed by atoms with Gasteiger partial charge in [-0.15, -0.1) is 22.7 Å². The molecule has 0 aliphatic heterocycles. The first-order valence-corrected chi connectivity index (χ1v) is 7.57. The van der Waals surface area contributed by atoms with Crippen LogP contribution in [0.15, 0.2) is 10.8 Å². The van der Waals surface area contributed by atoms with E-state index in [2.05, 4.69) is 15.3 Å². The van der Waals surface area contributed by atoms with Crippen LogP contribution in [0.25, 0.3) is 0 Å². The lowest BCUT2D eigenvalue weighted by molar-refractivity contribution is -0.144. The maximum absolute atomic E-state index is 11.6. The summed E-state index contributed by atoms with van der Waals surface area (Å²) < 4.78 is 5.12. The average Bonchev–Trinajstić information content (AvgIpc) is 2.96. The number of amides is 1. The maximum Gasteiger partial charge on any atom is 0.312 e. The highest BCUT2D eigenvalue weighted by Gasteiger charge is 2.10. The van der Waals surface area contributed by atoms with Crippen molar-refractivity contribution in [2.45, 2.75) is 26.9 Å². The highest BCUT2D eigenvalue weighted by Crippen LogP contribution is 2.16. The van der Waals surface area contributed by atoms with Gasteiger partial charge in [-0.1, -0.05) is 0 Å². The molecule has 2 heterocycles. The van der Waals surface area contributed by atoms with Gasteiger partial charge in [-0.2, -0.15) is 0 Å². The Labute approximate surface area is 123 Å². The van der Waals surface area contributed by atoms with Crippen molar-refractivity contribution in [2.75, 3.05) is 5.32 Å². The molecule has 0 aromatic carbocycles. The van der Waals surface area contributed by atoms with Gasteiger partial charge < -0.3 is 10.1 Å². The number of ether oxygens (including phenoxy) is 1. The Morgan fingerprint density at radius 2 is 2.00 bits per heavy atom. The molecule has 0 bridgehead atoms. The van der Waals surface area contributed by atoms with Gasteiger partial charge in [0.05, 0.1) is 22.8 Å². The number of carbonyl (C=O) groups is 2. The molecular formula is C12H13N3O3S2. The van der Waals surface area contributed by atoms with E-state index < -0.39 is 0 Å². The molecule has 1 N–H and O–H groups in total. The van der Waals surface area contributed by atoms with Crippen LogP contribution in [-0.2, 0) is 27.4 Å². The predicted octanol–water partition coefficient (Wildman–Crippen LogP) is 2.15. The van der Waals surface area contributed by atoms with Crippen LogP contribution in [0.4, 0.5) is 5.13 Å². The van der Waals surface area contributed by atoms with Gasteiger partial charge in [0.1, 0.15) is 6.61 Å². The van der Waals surface area contributed by atoms with Crippen LogP contribution in [0.3, 0.4) is 0 Å². The third kappa shape index (κ3) is 4.39. The summed E-state index contributed by atoms with van der Waals surface area (Å²) in [5.41, 5.74) is 1.33. The molecule has 0 aliphatic rings. The van der Waals surface area contributed by atoms with Crippen molar-refractivity contribution in [1.82, 2.24) is 9.97 Å². The standard InChI is InChI=1S/C12H13N3O3S2/c1-7(16)13-12-15-10(6-20-12)4-18-11(17)3-9-5-19-8(2)14-9/h5-6H,3-4H2,1-2H3,(H,13,15,16). The fourth-order valence-corrected chi connectivity index (χ4v) is 2.78. The second-order valence-corrected chi connectivity index (χ2v) is 5.94. The van der Waals surface area contributed by atoms with Crippen molar-refractivity contribution >= 4 is 39.7 Å². The monoisotopic (exact) mass is 311 g/mol. The Morgan fingerprint density at radius 1 is 1.25 bits per heavy atom. The fourth-order valence-electron chi connectivity index (χ4n) is 1.42. The Balaban J connectivity index is 1.81. The topological polar surface area (TPSA) is 81.2 Å². The Morgan fingerprint density at radius 3 is 2.65 bits per heavy atom. The molecule has 0 unspecified atom stereocenters. The van der Waals surface area contributed by atoms with Crippen molar-refractivity contribution in [3.05, 3.63) is 27.2 Å². The second-order valence-electron chi connectivity index (χ2n) is 4.02. The van der Waals surface area contributed by atoms with Crippen molar-refractivity contribution in [1.29, 1.82) is 0 Å². The van der Waals surface area contributed by atoms with Crippen LogP contribution in [-0.4, -0.2) is 21.8 Å². The molecule has 2 rings (SSSR count). The summed E-state index contributed by atoms with van der Waals surface area (Å²) in [6.45, 7) is 3.40. The number of anilines is 1. The predicted molar refractivity (Wildman–Crippen MR) is 76.8 cm³/mol. The molecule has 2 aromatic rings. The average molecular weight is 311 g/mol. The number of hydrogen-bond donors (Lipinski definition) is 1. The van der Waals surface area contributed by atoms with Gasteiger partial charge in [0.2, 0.25) is 5.91 Å². The molecule has 0 fully saturated rings. The van der Waals surface area contributed by atoms with E-state index in [0.29, 0.717) is 10.8 Å². The van der Waals surface area contributed by atoms with Crippen LogP contribution in [0.1, 0.15) is 23.3 Å². The van der Waals surface area contributed by atoms with Gasteiger partial charge in [-0.25, -0.2) is 9.97 Å². The zero-order chi connectivity index (χ0) is 14.5. The highest BCUT2D eigenvalue weighted by molar-refractivity contribution is 7.13. The molecule has 20 heavy (non-hydrogen) atoms. The summed E-state index contributed by atoms with van der Waals surface area (Å²) in [7, 11) is 0. The number of hydrogen-bond acceptors (Lipinski definition) is 7. The molecule has 6 nitrogen and oxygen atoms in total. The number of nitrogens with one attached hydrogen (secondary N) is 1. The van der Waals surface area contributed by atoms with Crippen LogP contribution in [0, 0.1) is 6.92 Å². The van der Waals surface area contributed by atoms with E-state index in [1.54, 1.807) is 5.38 Å². The molecule has 0 spiro atoms. The van der Waals surface area contributed by atoms with Gasteiger partial charge in [0, 0.05) is 17.7 Å². The second kappa shape index (κ2) is 6.58. The minimum Gasteiger partial charge on any atom is -0.459 e. The van der Waals surface area contributed by atoms with E-state index >= 15 is 0 Å². The lowest BCUT2D eigenvalue weighted by Gasteiger charge is -2.01. The SMILES string of the molecule is CC(=O)Nc1nc(COC(=O)Cc2csc(C)n2)cs1. The Bertz CT molecular complexity index is 621. The zero-order valence-electron chi connectivity index (χ0n) is 11.0. The smallest absolute Gasteiger partial charge is 0.312 e. The molecule has 1 amide bonds. The molecule has 2 aromatic heterocycles. The summed E-state index contributed by atoms with van der Waals surface area (Å²) in [6, 6.07) is 0. The lowest BCUT2D eigenvalue weighted by Crippen LogP contribution is -2.09. The quantitative estimate of drug-likeness (QED) is 0.856. The van der Waals surface area contributed by atoms with Crippen molar-refractivity contribution in [2.24, 2.45) is 0 Å². The lowest BCUT2D eigenvalue weighted by atomic mass is 10.3. The van der Waals surface area contributed by atoms with Gasteiger partial charge in [0.25, 0.3) is 0 Å².